The lowest BCUT2D eigenvalue weighted by Gasteiger charge is -2.11. The normalized spacial score (nSPS) is 13.3. The average Bonchev–Trinajstić information content (AvgIpc) is 2.45. The van der Waals surface area contributed by atoms with Crippen LogP contribution in [0.15, 0.2) is 6.33 Å². The van der Waals surface area contributed by atoms with Crippen LogP contribution in [0.4, 0.5) is 0 Å². The largest absolute Gasteiger partial charge is 0.331 e. The van der Waals surface area contributed by atoms with E-state index in [0.717, 1.165) is 12.2 Å². The number of imidazole rings is 1. The first kappa shape index (κ1) is 9.51. The fraction of sp³-hybridized carbons (Fsp3) is 0.571. The molecule has 0 saturated heterocycles. The van der Waals surface area contributed by atoms with Crippen molar-refractivity contribution in [2.75, 3.05) is 0 Å². The number of aromatic nitrogens is 2. The van der Waals surface area contributed by atoms with Crippen molar-refractivity contribution in [3.05, 3.63) is 17.2 Å². The van der Waals surface area contributed by atoms with Gasteiger partial charge in [-0.1, -0.05) is 11.6 Å². The maximum atomic E-state index is 5.83. The van der Waals surface area contributed by atoms with Crippen LogP contribution < -0.4 is 5.90 Å². The Labute approximate surface area is 76.2 Å². The number of aryl methyl sites for hydroxylation is 1. The van der Waals surface area contributed by atoms with Crippen molar-refractivity contribution in [2.45, 2.75) is 26.5 Å². The van der Waals surface area contributed by atoms with Gasteiger partial charge in [0.2, 0.25) is 0 Å². The molecule has 4 nitrogen and oxygen atoms in total. The SMILES string of the molecule is CCn1cnc(Cl)c1C(C)ON. The van der Waals surface area contributed by atoms with E-state index in [0.29, 0.717) is 5.15 Å². The number of nitrogens with zero attached hydrogens (tertiary/aromatic N) is 2. The van der Waals surface area contributed by atoms with Crippen molar-refractivity contribution in [1.29, 1.82) is 0 Å². The molecule has 1 aromatic rings. The molecular formula is C7H12ClN3O. The van der Waals surface area contributed by atoms with Gasteiger partial charge in [0.15, 0.2) is 5.15 Å². The lowest BCUT2D eigenvalue weighted by atomic mass is 10.3. The second kappa shape index (κ2) is 3.89. The number of hydrogen-bond donors (Lipinski definition) is 1. The molecule has 1 heterocycles. The molecule has 1 rings (SSSR count). The first-order chi connectivity index (χ1) is 5.70. The molecule has 0 bridgehead atoms. The molecule has 68 valence electrons. The Balaban J connectivity index is 3.01. The fourth-order valence-corrected chi connectivity index (χ4v) is 1.39. The van der Waals surface area contributed by atoms with Crippen LogP contribution in [0, 0.1) is 0 Å². The number of rotatable bonds is 3. The van der Waals surface area contributed by atoms with Gasteiger partial charge in [-0.05, 0) is 13.8 Å². The minimum atomic E-state index is -0.222. The van der Waals surface area contributed by atoms with E-state index >= 15 is 0 Å². The third kappa shape index (κ3) is 1.60. The molecule has 1 aromatic heterocycles. The predicted octanol–water partition coefficient (Wildman–Crippen LogP) is 1.51. The molecule has 1 unspecified atom stereocenters. The summed E-state index contributed by atoms with van der Waals surface area (Å²) in [5.41, 5.74) is 0.821. The molecule has 1 atom stereocenters. The Kier molecular flexibility index (Phi) is 3.08. The van der Waals surface area contributed by atoms with Crippen LogP contribution >= 0.6 is 11.6 Å². The van der Waals surface area contributed by atoms with Crippen molar-refractivity contribution in [3.63, 3.8) is 0 Å². The molecule has 0 aliphatic carbocycles. The lowest BCUT2D eigenvalue weighted by Crippen LogP contribution is -2.10. The highest BCUT2D eigenvalue weighted by atomic mass is 35.5. The average molecular weight is 190 g/mol. The van der Waals surface area contributed by atoms with E-state index in [-0.39, 0.29) is 6.10 Å². The van der Waals surface area contributed by atoms with Crippen molar-refractivity contribution in [2.24, 2.45) is 5.90 Å². The predicted molar refractivity (Wildman–Crippen MR) is 46.6 cm³/mol. The van der Waals surface area contributed by atoms with Gasteiger partial charge in [0, 0.05) is 6.54 Å². The second-order valence-electron chi connectivity index (χ2n) is 2.48. The first-order valence-corrected chi connectivity index (χ1v) is 4.14. The molecule has 0 amide bonds. The standard InChI is InChI=1S/C7H12ClN3O/c1-3-11-4-10-7(8)6(11)5(2)12-9/h4-5H,3,9H2,1-2H3. The topological polar surface area (TPSA) is 53.1 Å². The van der Waals surface area contributed by atoms with Gasteiger partial charge in [0.05, 0.1) is 12.0 Å². The molecule has 0 fully saturated rings. The highest BCUT2D eigenvalue weighted by Gasteiger charge is 2.15. The van der Waals surface area contributed by atoms with Crippen LogP contribution in [0.3, 0.4) is 0 Å². The van der Waals surface area contributed by atoms with Crippen LogP contribution in [0.25, 0.3) is 0 Å². The van der Waals surface area contributed by atoms with Gasteiger partial charge in [0.1, 0.15) is 6.10 Å². The van der Waals surface area contributed by atoms with Gasteiger partial charge in [-0.3, -0.25) is 4.84 Å². The van der Waals surface area contributed by atoms with Crippen LogP contribution in [-0.4, -0.2) is 9.55 Å². The number of nitrogens with two attached hydrogens (primary N) is 1. The van der Waals surface area contributed by atoms with E-state index < -0.39 is 0 Å². The zero-order chi connectivity index (χ0) is 9.14. The van der Waals surface area contributed by atoms with E-state index in [9.17, 15) is 0 Å². The summed E-state index contributed by atoms with van der Waals surface area (Å²) in [7, 11) is 0. The van der Waals surface area contributed by atoms with Crippen LogP contribution in [0.5, 0.6) is 0 Å². The summed E-state index contributed by atoms with van der Waals surface area (Å²) in [6.07, 6.45) is 1.45. The fourth-order valence-electron chi connectivity index (χ4n) is 1.08. The highest BCUT2D eigenvalue weighted by Crippen LogP contribution is 2.22. The monoisotopic (exact) mass is 189 g/mol. The molecule has 0 aliphatic rings. The quantitative estimate of drug-likeness (QED) is 0.734. The smallest absolute Gasteiger partial charge is 0.153 e. The number of halogens is 1. The van der Waals surface area contributed by atoms with Gasteiger partial charge in [-0.2, -0.15) is 0 Å². The Morgan fingerprint density at radius 1 is 1.83 bits per heavy atom. The van der Waals surface area contributed by atoms with E-state index in [1.54, 1.807) is 6.33 Å². The van der Waals surface area contributed by atoms with Gasteiger partial charge in [-0.25, -0.2) is 10.9 Å². The zero-order valence-corrected chi connectivity index (χ0v) is 7.88. The van der Waals surface area contributed by atoms with Gasteiger partial charge < -0.3 is 4.57 Å². The van der Waals surface area contributed by atoms with Crippen LogP contribution in [-0.2, 0) is 11.4 Å². The molecule has 0 spiro atoms. The molecule has 0 aromatic carbocycles. The minimum absolute atomic E-state index is 0.222. The number of hydrogen-bond acceptors (Lipinski definition) is 3. The third-order valence-electron chi connectivity index (χ3n) is 1.76. The van der Waals surface area contributed by atoms with Gasteiger partial charge in [0.25, 0.3) is 0 Å². The maximum Gasteiger partial charge on any atom is 0.153 e. The summed E-state index contributed by atoms with van der Waals surface area (Å²) in [4.78, 5) is 8.62. The molecule has 2 N–H and O–H groups in total. The Hall–Kier alpha value is -0.580. The van der Waals surface area contributed by atoms with E-state index in [2.05, 4.69) is 9.82 Å². The van der Waals surface area contributed by atoms with Gasteiger partial charge in [-0.15, -0.1) is 0 Å². The van der Waals surface area contributed by atoms with Crippen molar-refractivity contribution in [3.8, 4) is 0 Å². The van der Waals surface area contributed by atoms with E-state index in [4.69, 9.17) is 17.5 Å². The Morgan fingerprint density at radius 3 is 3.00 bits per heavy atom. The minimum Gasteiger partial charge on any atom is -0.331 e. The molecule has 12 heavy (non-hydrogen) atoms. The van der Waals surface area contributed by atoms with Crippen molar-refractivity contribution >= 4 is 11.6 Å². The van der Waals surface area contributed by atoms with Crippen molar-refractivity contribution < 1.29 is 4.84 Å². The zero-order valence-electron chi connectivity index (χ0n) is 7.12. The summed E-state index contributed by atoms with van der Waals surface area (Å²) < 4.78 is 1.90. The summed E-state index contributed by atoms with van der Waals surface area (Å²) in [6.45, 7) is 4.64. The maximum absolute atomic E-state index is 5.83. The summed E-state index contributed by atoms with van der Waals surface area (Å²) in [5.74, 6) is 5.06. The summed E-state index contributed by atoms with van der Waals surface area (Å²) >= 11 is 5.83. The van der Waals surface area contributed by atoms with Crippen molar-refractivity contribution in [1.82, 2.24) is 9.55 Å². The molecular weight excluding hydrogens is 178 g/mol. The third-order valence-corrected chi connectivity index (χ3v) is 2.05. The molecule has 0 saturated carbocycles. The van der Waals surface area contributed by atoms with E-state index in [1.807, 2.05) is 18.4 Å². The van der Waals surface area contributed by atoms with E-state index in [1.165, 1.54) is 0 Å². The molecule has 0 radical (unpaired) electrons. The lowest BCUT2D eigenvalue weighted by molar-refractivity contribution is 0.0610. The molecule has 5 heteroatoms. The second-order valence-corrected chi connectivity index (χ2v) is 2.84. The van der Waals surface area contributed by atoms with Gasteiger partial charge >= 0.3 is 0 Å². The Bertz CT molecular complexity index is 261. The highest BCUT2D eigenvalue weighted by molar-refractivity contribution is 6.30. The Morgan fingerprint density at radius 2 is 2.50 bits per heavy atom. The first-order valence-electron chi connectivity index (χ1n) is 3.76. The molecule has 0 aliphatic heterocycles. The summed E-state index contributed by atoms with van der Waals surface area (Å²) in [6, 6.07) is 0. The summed E-state index contributed by atoms with van der Waals surface area (Å²) in [5, 5.41) is 0.454. The van der Waals surface area contributed by atoms with Crippen LogP contribution in [0.2, 0.25) is 5.15 Å². The van der Waals surface area contributed by atoms with Crippen LogP contribution in [0.1, 0.15) is 25.6 Å².